The monoisotopic (exact) mass is 281 g/mol. The van der Waals surface area contributed by atoms with Gasteiger partial charge < -0.3 is 15.4 Å². The SMILES string of the molecule is Nc1cccc(-c2nc3ccccc3n2CCC(=O)O)c1. The molecule has 3 rings (SSSR count). The number of benzene rings is 2. The molecule has 0 fully saturated rings. The van der Waals surface area contributed by atoms with Gasteiger partial charge >= 0.3 is 5.97 Å². The van der Waals surface area contributed by atoms with Gasteiger partial charge in [0.15, 0.2) is 0 Å². The normalized spacial score (nSPS) is 10.9. The predicted octanol–water partition coefficient (Wildman–Crippen LogP) is 2.76. The van der Waals surface area contributed by atoms with Crippen LogP contribution in [0.2, 0.25) is 0 Å². The van der Waals surface area contributed by atoms with Gasteiger partial charge in [-0.2, -0.15) is 0 Å². The highest BCUT2D eigenvalue weighted by Crippen LogP contribution is 2.26. The average Bonchev–Trinajstić information content (AvgIpc) is 2.84. The number of rotatable bonds is 4. The number of carbonyl (C=O) groups is 1. The highest BCUT2D eigenvalue weighted by atomic mass is 16.4. The molecule has 0 unspecified atom stereocenters. The number of carboxylic acids is 1. The first-order valence-electron chi connectivity index (χ1n) is 6.68. The Hall–Kier alpha value is -2.82. The van der Waals surface area contributed by atoms with Gasteiger partial charge in [-0.25, -0.2) is 4.98 Å². The van der Waals surface area contributed by atoms with E-state index in [9.17, 15) is 4.79 Å². The molecular weight excluding hydrogens is 266 g/mol. The lowest BCUT2D eigenvalue weighted by Crippen LogP contribution is -2.06. The number of hydrogen-bond donors (Lipinski definition) is 2. The molecule has 0 saturated heterocycles. The summed E-state index contributed by atoms with van der Waals surface area (Å²) >= 11 is 0. The fraction of sp³-hybridized carbons (Fsp3) is 0.125. The minimum atomic E-state index is -0.827. The summed E-state index contributed by atoms with van der Waals surface area (Å²) in [4.78, 5) is 15.5. The van der Waals surface area contributed by atoms with Crippen molar-refractivity contribution in [3.05, 3.63) is 48.5 Å². The number of aryl methyl sites for hydroxylation is 1. The molecule has 0 bridgehead atoms. The third-order valence-corrected chi connectivity index (χ3v) is 3.35. The number of anilines is 1. The number of nitrogens with two attached hydrogens (primary N) is 1. The van der Waals surface area contributed by atoms with Gasteiger partial charge in [0.25, 0.3) is 0 Å². The lowest BCUT2D eigenvalue weighted by Gasteiger charge is -2.08. The molecule has 21 heavy (non-hydrogen) atoms. The van der Waals surface area contributed by atoms with E-state index >= 15 is 0 Å². The van der Waals surface area contributed by atoms with Gasteiger partial charge in [-0.05, 0) is 24.3 Å². The number of para-hydroxylation sites is 2. The van der Waals surface area contributed by atoms with Crippen molar-refractivity contribution < 1.29 is 9.90 Å². The van der Waals surface area contributed by atoms with E-state index in [-0.39, 0.29) is 6.42 Å². The number of nitrogens with zero attached hydrogens (tertiary/aromatic N) is 2. The van der Waals surface area contributed by atoms with E-state index in [0.717, 1.165) is 22.4 Å². The molecule has 5 heteroatoms. The fourth-order valence-electron chi connectivity index (χ4n) is 2.41. The van der Waals surface area contributed by atoms with Crippen LogP contribution in [0.1, 0.15) is 6.42 Å². The third-order valence-electron chi connectivity index (χ3n) is 3.35. The Labute approximate surface area is 121 Å². The molecule has 0 saturated carbocycles. The van der Waals surface area contributed by atoms with Crippen molar-refractivity contribution in [3.8, 4) is 11.4 Å². The maximum absolute atomic E-state index is 10.9. The van der Waals surface area contributed by atoms with Gasteiger partial charge in [-0.1, -0.05) is 24.3 Å². The first-order valence-corrected chi connectivity index (χ1v) is 6.68. The van der Waals surface area contributed by atoms with Gasteiger partial charge in [-0.15, -0.1) is 0 Å². The molecule has 0 aliphatic rings. The van der Waals surface area contributed by atoms with Crippen molar-refractivity contribution in [2.45, 2.75) is 13.0 Å². The molecule has 1 aromatic heterocycles. The van der Waals surface area contributed by atoms with Gasteiger partial charge in [0, 0.05) is 17.8 Å². The van der Waals surface area contributed by atoms with E-state index in [1.807, 2.05) is 53.1 Å². The Morgan fingerprint density at radius 2 is 2.00 bits per heavy atom. The smallest absolute Gasteiger partial charge is 0.305 e. The summed E-state index contributed by atoms with van der Waals surface area (Å²) in [5, 5.41) is 8.94. The molecule has 1 heterocycles. The van der Waals surface area contributed by atoms with Gasteiger partial charge in [-0.3, -0.25) is 4.79 Å². The largest absolute Gasteiger partial charge is 0.481 e. The van der Waals surface area contributed by atoms with Gasteiger partial charge in [0.2, 0.25) is 0 Å². The quantitative estimate of drug-likeness (QED) is 0.720. The molecule has 0 amide bonds. The first-order chi connectivity index (χ1) is 10.1. The zero-order valence-corrected chi connectivity index (χ0v) is 11.4. The summed E-state index contributed by atoms with van der Waals surface area (Å²) in [6, 6.07) is 15.2. The molecule has 3 aromatic rings. The second-order valence-electron chi connectivity index (χ2n) is 4.84. The van der Waals surface area contributed by atoms with Crippen LogP contribution in [0.4, 0.5) is 5.69 Å². The molecule has 2 aromatic carbocycles. The minimum absolute atomic E-state index is 0.0513. The average molecular weight is 281 g/mol. The highest BCUT2D eigenvalue weighted by Gasteiger charge is 2.13. The summed E-state index contributed by atoms with van der Waals surface area (Å²) in [7, 11) is 0. The molecule has 3 N–H and O–H groups in total. The van der Waals surface area contributed by atoms with Gasteiger partial charge in [0.1, 0.15) is 5.82 Å². The van der Waals surface area contributed by atoms with Crippen LogP contribution >= 0.6 is 0 Å². The van der Waals surface area contributed by atoms with Crippen molar-refractivity contribution in [1.29, 1.82) is 0 Å². The Bertz CT molecular complexity index is 808. The number of nitrogen functional groups attached to an aromatic ring is 1. The first kappa shape index (κ1) is 13.2. The highest BCUT2D eigenvalue weighted by molar-refractivity contribution is 5.81. The zero-order valence-electron chi connectivity index (χ0n) is 11.4. The predicted molar refractivity (Wildman–Crippen MR) is 81.8 cm³/mol. The second-order valence-corrected chi connectivity index (χ2v) is 4.84. The van der Waals surface area contributed by atoms with Crippen LogP contribution < -0.4 is 5.73 Å². The van der Waals surface area contributed by atoms with Crippen molar-refractivity contribution >= 4 is 22.7 Å². The summed E-state index contributed by atoms with van der Waals surface area (Å²) in [6.45, 7) is 0.375. The third kappa shape index (κ3) is 2.58. The zero-order chi connectivity index (χ0) is 14.8. The summed E-state index contributed by atoms with van der Waals surface area (Å²) in [5.41, 5.74) is 9.15. The number of fused-ring (bicyclic) bond motifs is 1. The molecule has 0 spiro atoms. The van der Waals surface area contributed by atoms with Crippen LogP contribution in [0.25, 0.3) is 22.4 Å². The number of imidazole rings is 1. The minimum Gasteiger partial charge on any atom is -0.481 e. The number of carboxylic acid groups (broad SMARTS) is 1. The lowest BCUT2D eigenvalue weighted by molar-refractivity contribution is -0.137. The van der Waals surface area contributed by atoms with E-state index in [4.69, 9.17) is 10.8 Å². The van der Waals surface area contributed by atoms with E-state index in [1.165, 1.54) is 0 Å². The van der Waals surface area contributed by atoms with E-state index < -0.39 is 5.97 Å². The van der Waals surface area contributed by atoms with Crippen LogP contribution in [-0.2, 0) is 11.3 Å². The van der Waals surface area contributed by atoms with Crippen molar-refractivity contribution in [3.63, 3.8) is 0 Å². The van der Waals surface area contributed by atoms with E-state index in [1.54, 1.807) is 0 Å². The maximum atomic E-state index is 10.9. The van der Waals surface area contributed by atoms with Crippen LogP contribution in [0.3, 0.4) is 0 Å². The Morgan fingerprint density at radius 1 is 1.19 bits per heavy atom. The maximum Gasteiger partial charge on any atom is 0.305 e. The second kappa shape index (κ2) is 5.28. The van der Waals surface area contributed by atoms with Crippen molar-refractivity contribution in [2.24, 2.45) is 0 Å². The molecule has 106 valence electrons. The Balaban J connectivity index is 2.16. The Kier molecular flexibility index (Phi) is 3.31. The molecule has 0 aliphatic heterocycles. The summed E-state index contributed by atoms with van der Waals surface area (Å²) in [5.74, 6) is -0.0870. The number of aliphatic carboxylic acids is 1. The topological polar surface area (TPSA) is 81.1 Å². The summed E-state index contributed by atoms with van der Waals surface area (Å²) in [6.07, 6.45) is 0.0513. The fourth-order valence-corrected chi connectivity index (χ4v) is 2.41. The van der Waals surface area contributed by atoms with Crippen molar-refractivity contribution in [2.75, 3.05) is 5.73 Å². The van der Waals surface area contributed by atoms with E-state index in [2.05, 4.69) is 4.98 Å². The molecule has 0 aliphatic carbocycles. The van der Waals surface area contributed by atoms with E-state index in [0.29, 0.717) is 12.2 Å². The molecule has 0 radical (unpaired) electrons. The van der Waals surface area contributed by atoms with Crippen molar-refractivity contribution in [1.82, 2.24) is 9.55 Å². The van der Waals surface area contributed by atoms with Crippen LogP contribution in [-0.4, -0.2) is 20.6 Å². The Morgan fingerprint density at radius 3 is 2.76 bits per heavy atom. The molecule has 5 nitrogen and oxygen atoms in total. The summed E-state index contributed by atoms with van der Waals surface area (Å²) < 4.78 is 1.93. The van der Waals surface area contributed by atoms with Crippen LogP contribution in [0.5, 0.6) is 0 Å². The molecular formula is C16H15N3O2. The number of aromatic nitrogens is 2. The lowest BCUT2D eigenvalue weighted by atomic mass is 10.2. The van der Waals surface area contributed by atoms with Crippen LogP contribution in [0.15, 0.2) is 48.5 Å². The standard InChI is InChI=1S/C16H15N3O2/c17-12-5-3-4-11(10-12)16-18-13-6-1-2-7-14(13)19(16)9-8-15(20)21/h1-7,10H,8-9,17H2,(H,20,21). The van der Waals surface area contributed by atoms with Crippen LogP contribution in [0, 0.1) is 0 Å². The molecule has 0 atom stereocenters. The number of hydrogen-bond acceptors (Lipinski definition) is 3. The van der Waals surface area contributed by atoms with Gasteiger partial charge in [0.05, 0.1) is 17.5 Å².